The number of ketones is 1. The van der Waals surface area contributed by atoms with E-state index in [1.54, 1.807) is 70.9 Å². The van der Waals surface area contributed by atoms with Crippen LogP contribution in [0.4, 0.5) is 5.82 Å². The molecule has 0 aliphatic carbocycles. The minimum atomic E-state index is -1.30. The zero-order valence-corrected chi connectivity index (χ0v) is 49.8. The van der Waals surface area contributed by atoms with Crippen LogP contribution in [0.25, 0.3) is 43.4 Å². The molecule has 5 amide bonds. The Hall–Kier alpha value is -8.36. The fraction of sp³-hybridized carbons (Fsp3) is 0.259. The van der Waals surface area contributed by atoms with Crippen LogP contribution in [0.15, 0.2) is 76.4 Å². The zero-order chi connectivity index (χ0) is 59.3. The summed E-state index contributed by atoms with van der Waals surface area (Å²) in [6.45, 7) is 5.12. The Morgan fingerprint density at radius 2 is 1.43 bits per heavy atom. The molecule has 1 aliphatic heterocycles. The summed E-state index contributed by atoms with van der Waals surface area (Å²) in [6.07, 6.45) is 0.468. The van der Waals surface area contributed by atoms with Crippen molar-refractivity contribution in [1.82, 2.24) is 66.1 Å². The number of hydrogen-bond donors (Lipinski definition) is 7. The van der Waals surface area contributed by atoms with E-state index < -0.39 is 66.2 Å². The van der Waals surface area contributed by atoms with Crippen molar-refractivity contribution in [3.8, 4) is 43.4 Å². The number of Topliss-reactive ketones (excluding diaryl/α,β-unsaturated/α-hetero) is 1. The second-order valence-electron chi connectivity index (χ2n) is 19.0. The average Bonchev–Trinajstić information content (AvgIpc) is 3.76. The lowest BCUT2D eigenvalue weighted by Crippen LogP contribution is -2.40. The van der Waals surface area contributed by atoms with Crippen LogP contribution >= 0.6 is 68.0 Å². The molecule has 4 atom stereocenters. The summed E-state index contributed by atoms with van der Waals surface area (Å²) in [7, 11) is 2.95. The average molecular weight is 1250 g/mol. The van der Waals surface area contributed by atoms with Gasteiger partial charge in [0.1, 0.15) is 82.9 Å². The molecule has 9 heterocycles. The molecule has 7 N–H and O–H groups in total. The quantitative estimate of drug-likeness (QED) is 0.0646. The van der Waals surface area contributed by atoms with E-state index in [1.807, 2.05) is 13.8 Å². The molecule has 0 saturated heterocycles. The van der Waals surface area contributed by atoms with Gasteiger partial charge in [-0.2, -0.15) is 0 Å². The number of aromatic nitrogens is 9. The fourth-order valence-corrected chi connectivity index (χ4v) is 14.2. The number of methoxy groups -OCH3 is 1. The first-order valence-electron chi connectivity index (χ1n) is 25.5. The number of anilines is 1. The first kappa shape index (κ1) is 58.8. The van der Waals surface area contributed by atoms with Crippen LogP contribution in [0.3, 0.4) is 0 Å². The molecule has 10 bridgehead atoms. The molecule has 0 radical (unpaired) electrons. The third kappa shape index (κ3) is 13.0. The van der Waals surface area contributed by atoms with Crippen molar-refractivity contribution in [3.63, 3.8) is 0 Å². The van der Waals surface area contributed by atoms with E-state index in [4.69, 9.17) is 34.6 Å². The molecule has 0 fully saturated rings. The number of hydrogen-bond acceptors (Lipinski definition) is 24. The third-order valence-corrected chi connectivity index (χ3v) is 18.7. The predicted octanol–water partition coefficient (Wildman–Crippen LogP) is 7.94. The molecule has 30 heteroatoms. The Bertz CT molecular complexity index is 3970. The van der Waals surface area contributed by atoms with Gasteiger partial charge in [-0.15, -0.1) is 68.0 Å². The predicted molar refractivity (Wildman–Crippen MR) is 315 cm³/mol. The molecule has 0 spiro atoms. The van der Waals surface area contributed by atoms with Crippen molar-refractivity contribution in [2.75, 3.05) is 26.0 Å². The summed E-state index contributed by atoms with van der Waals surface area (Å²) < 4.78 is 5.46. The molecule has 10 rings (SSSR count). The number of carbonyl (C=O) groups excluding carboxylic acids is 6. The van der Waals surface area contributed by atoms with Crippen molar-refractivity contribution in [3.05, 3.63) is 135 Å². The van der Waals surface area contributed by atoms with E-state index in [-0.39, 0.29) is 65.4 Å². The van der Waals surface area contributed by atoms with E-state index in [0.717, 1.165) is 23.7 Å². The Morgan fingerprint density at radius 1 is 0.726 bits per heavy atom. The first-order valence-corrected chi connectivity index (χ1v) is 30.6. The van der Waals surface area contributed by atoms with Crippen molar-refractivity contribution in [1.29, 1.82) is 0 Å². The molecule has 1 aromatic carbocycles. The molecular weight excluding hydrogens is 1200 g/mol. The monoisotopic (exact) mass is 1240 g/mol. The van der Waals surface area contributed by atoms with Gasteiger partial charge in [0.25, 0.3) is 17.7 Å². The number of rotatable bonds is 11. The van der Waals surface area contributed by atoms with Crippen LogP contribution in [0, 0.1) is 12.8 Å². The lowest BCUT2D eigenvalue weighted by Gasteiger charge is -2.23. The highest BCUT2D eigenvalue weighted by Gasteiger charge is 2.33. The minimum Gasteiger partial charge on any atom is -0.476 e. The second kappa shape index (κ2) is 25.6. The molecule has 8 aromatic heterocycles. The number of carboxylic acids is 1. The highest BCUT2D eigenvalue weighted by molar-refractivity contribution is 7.15. The molecule has 24 nitrogen and oxygen atoms in total. The Labute approximate surface area is 501 Å². The highest BCUT2D eigenvalue weighted by atomic mass is 32.1. The van der Waals surface area contributed by atoms with E-state index in [2.05, 4.69) is 41.5 Å². The number of carbonyl (C=O) groups is 7. The number of pyridine rings is 1. The number of aliphatic hydroxyl groups excluding tert-OH is 1. The molecule has 0 unspecified atom stereocenters. The van der Waals surface area contributed by atoms with Gasteiger partial charge in [0.2, 0.25) is 11.8 Å². The molecule has 1 aliphatic rings. The number of aliphatic hydroxyl groups is 1. The minimum absolute atomic E-state index is 0.0143. The van der Waals surface area contributed by atoms with Gasteiger partial charge < -0.3 is 41.5 Å². The van der Waals surface area contributed by atoms with Crippen molar-refractivity contribution in [2.24, 2.45) is 5.92 Å². The number of fused-ring (bicyclic) bond motifs is 14. The summed E-state index contributed by atoms with van der Waals surface area (Å²) in [4.78, 5) is 136. The Morgan fingerprint density at radius 3 is 2.17 bits per heavy atom. The standard InChI is InChI=1S/C54H48N14O10S6/c1-23(2)27-13-35(69)40-24(3)83-52(67-40)29(14-38(70)55-4)60-46(74)33-20-79-48(62-33)26-11-12-28(50-65-37(22-82-50)64-45(73)30-15-57-31(16-56-30)54(76)77)59-41(26)32-19-80-51(61-32)34-21-81-53(63-34)43(44(72)25-9-7-6-8-10-25)66-39(71)17-58-47(75)42-36(18-78-5)84-49(27)68-42/h6-12,15-16,19-23,27,29,43-44,72H,13-14,17-18H2,1-5H3,(H,55,70)(H,58,75)(H,60,74)(H,64,73)(H,66,71)(H,76,77)/t27-,29+,43+,44+/m1/s1. The van der Waals surface area contributed by atoms with Gasteiger partial charge in [0.05, 0.1) is 53.6 Å². The molecular formula is C54H48N14O10S6. The second-order valence-corrected chi connectivity index (χ2v) is 24.8. The first-order chi connectivity index (χ1) is 40.4. The smallest absolute Gasteiger partial charge is 0.356 e. The number of aryl methyl sites for hydroxylation is 1. The summed E-state index contributed by atoms with van der Waals surface area (Å²) in [6, 6.07) is 10.1. The fourth-order valence-electron chi connectivity index (χ4n) is 8.63. The summed E-state index contributed by atoms with van der Waals surface area (Å²) >= 11 is 7.14. The number of amides is 5. The van der Waals surface area contributed by atoms with Gasteiger partial charge in [-0.25, -0.2) is 49.7 Å². The van der Waals surface area contributed by atoms with Crippen LogP contribution in [0.5, 0.6) is 0 Å². The normalized spacial score (nSPS) is 16.3. The molecule has 430 valence electrons. The lowest BCUT2D eigenvalue weighted by molar-refractivity contribution is -0.122. The van der Waals surface area contributed by atoms with Crippen LogP contribution in [-0.2, 0) is 20.9 Å². The van der Waals surface area contributed by atoms with Crippen LogP contribution in [0.2, 0.25) is 0 Å². The number of nitrogens with one attached hydrogen (secondary N) is 5. The highest BCUT2D eigenvalue weighted by Crippen LogP contribution is 2.41. The van der Waals surface area contributed by atoms with Gasteiger partial charge in [-0.05, 0) is 30.5 Å². The van der Waals surface area contributed by atoms with Crippen molar-refractivity contribution < 1.29 is 48.5 Å². The number of carboxylic acid groups (broad SMARTS) is 1. The third-order valence-electron chi connectivity index (χ3n) is 12.9. The molecule has 9 aromatic rings. The number of benzene rings is 1. The van der Waals surface area contributed by atoms with Gasteiger partial charge >= 0.3 is 5.97 Å². The SMILES string of the molecule is CNC(=O)C[C@@H]1NC(=O)c2csc(n2)-c2ccc(-c3nc(NC(=O)c4cnc(C(=O)O)cn4)cs3)nc2-c2csc(n2)-c2csc(n2)[C@H]([C@@H](O)c2ccccc2)NC(=O)CNC(=O)c2nc(sc2COC)[C@@H](C(C)C)CC(=O)c2nc1sc2C. The van der Waals surface area contributed by atoms with Crippen LogP contribution in [0.1, 0.15) is 134 Å². The van der Waals surface area contributed by atoms with Gasteiger partial charge in [-0.3, -0.25) is 28.8 Å². The Kier molecular flexibility index (Phi) is 18.0. The topological polar surface area (TPSA) is 345 Å². The molecule has 0 saturated carbocycles. The van der Waals surface area contributed by atoms with Gasteiger partial charge in [-0.1, -0.05) is 44.2 Å². The van der Waals surface area contributed by atoms with E-state index in [0.29, 0.717) is 73.7 Å². The summed E-state index contributed by atoms with van der Waals surface area (Å²) in [5, 5.41) is 43.9. The zero-order valence-electron chi connectivity index (χ0n) is 44.9. The van der Waals surface area contributed by atoms with Crippen LogP contribution in [-0.4, -0.2) is 117 Å². The van der Waals surface area contributed by atoms with Gasteiger partial charge in [0.15, 0.2) is 11.5 Å². The van der Waals surface area contributed by atoms with E-state index in [1.165, 1.54) is 70.8 Å². The number of aromatic carboxylic acids is 1. The maximum Gasteiger partial charge on any atom is 0.356 e. The van der Waals surface area contributed by atoms with Gasteiger partial charge in [0, 0.05) is 58.5 Å². The number of ether oxygens (including phenoxy) is 1. The summed E-state index contributed by atoms with van der Waals surface area (Å²) in [5.41, 5.74) is 2.18. The maximum atomic E-state index is 14.4. The van der Waals surface area contributed by atoms with Crippen LogP contribution < -0.4 is 26.6 Å². The Balaban J connectivity index is 1.04. The molecule has 84 heavy (non-hydrogen) atoms. The number of thiazole rings is 6. The summed E-state index contributed by atoms with van der Waals surface area (Å²) in [5.74, 6) is -5.08. The lowest BCUT2D eigenvalue weighted by atomic mass is 9.90. The van der Waals surface area contributed by atoms with E-state index >= 15 is 0 Å². The van der Waals surface area contributed by atoms with Crippen molar-refractivity contribution in [2.45, 2.75) is 64.3 Å². The van der Waals surface area contributed by atoms with E-state index in [9.17, 15) is 43.8 Å². The van der Waals surface area contributed by atoms with Crippen molar-refractivity contribution >= 4 is 115 Å². The largest absolute Gasteiger partial charge is 0.476 e. The maximum absolute atomic E-state index is 14.4. The number of nitrogens with zero attached hydrogens (tertiary/aromatic N) is 9.